The zero-order chi connectivity index (χ0) is 17.4. The summed E-state index contributed by atoms with van der Waals surface area (Å²) in [6.07, 6.45) is 2.12. The zero-order valence-electron chi connectivity index (χ0n) is 14.5. The van der Waals surface area contributed by atoms with E-state index in [4.69, 9.17) is 0 Å². The van der Waals surface area contributed by atoms with Gasteiger partial charge in [0.2, 0.25) is 0 Å². The van der Waals surface area contributed by atoms with Gasteiger partial charge in [0.15, 0.2) is 0 Å². The van der Waals surface area contributed by atoms with Gasteiger partial charge >= 0.3 is 0 Å². The molecule has 0 aliphatic heterocycles. The summed E-state index contributed by atoms with van der Waals surface area (Å²) in [7, 11) is 2.08. The van der Waals surface area contributed by atoms with E-state index < -0.39 is 0 Å². The number of hydrogen-bond donors (Lipinski definition) is 1. The first kappa shape index (κ1) is 15.8. The van der Waals surface area contributed by atoms with Crippen molar-refractivity contribution in [3.05, 3.63) is 65.9 Å². The molecular formula is C20H21FN4. The predicted octanol–water partition coefficient (Wildman–Crippen LogP) is 4.31. The quantitative estimate of drug-likeness (QED) is 0.590. The van der Waals surface area contributed by atoms with Gasteiger partial charge in [0, 0.05) is 24.7 Å². The molecule has 5 heteroatoms. The Bertz CT molecular complexity index is 998. The van der Waals surface area contributed by atoms with Crippen molar-refractivity contribution in [2.24, 2.45) is 0 Å². The maximum absolute atomic E-state index is 13.6. The second-order valence-corrected chi connectivity index (χ2v) is 6.47. The normalized spacial score (nSPS) is 11.8. The highest BCUT2D eigenvalue weighted by Gasteiger charge is 2.12. The van der Waals surface area contributed by atoms with Crippen LogP contribution in [-0.4, -0.2) is 26.5 Å². The number of nitrogens with one attached hydrogen (secondary N) is 1. The van der Waals surface area contributed by atoms with Crippen LogP contribution < -0.4 is 0 Å². The average Bonchev–Trinajstić information content (AvgIpc) is 3.15. The maximum Gasteiger partial charge on any atom is 0.125 e. The van der Waals surface area contributed by atoms with Gasteiger partial charge in [-0.2, -0.15) is 0 Å². The fourth-order valence-corrected chi connectivity index (χ4v) is 3.41. The van der Waals surface area contributed by atoms with E-state index in [-0.39, 0.29) is 5.82 Å². The highest BCUT2D eigenvalue weighted by Crippen LogP contribution is 2.24. The molecule has 0 atom stereocenters. The van der Waals surface area contributed by atoms with Gasteiger partial charge in [-0.3, -0.25) is 4.90 Å². The third kappa shape index (κ3) is 3.03. The fraction of sp³-hybridized carbons (Fsp3) is 0.250. The van der Waals surface area contributed by atoms with Crippen molar-refractivity contribution >= 4 is 21.9 Å². The Labute approximate surface area is 145 Å². The van der Waals surface area contributed by atoms with Gasteiger partial charge in [-0.1, -0.05) is 12.1 Å². The Kier molecular flexibility index (Phi) is 4.01. The van der Waals surface area contributed by atoms with E-state index in [0.29, 0.717) is 0 Å². The third-order valence-electron chi connectivity index (χ3n) is 4.57. The molecule has 0 unspecified atom stereocenters. The fourth-order valence-electron chi connectivity index (χ4n) is 3.41. The maximum atomic E-state index is 13.6. The van der Waals surface area contributed by atoms with Crippen molar-refractivity contribution in [2.45, 2.75) is 26.6 Å². The van der Waals surface area contributed by atoms with Gasteiger partial charge < -0.3 is 9.55 Å². The van der Waals surface area contributed by atoms with E-state index in [1.54, 1.807) is 6.07 Å². The van der Waals surface area contributed by atoms with Crippen molar-refractivity contribution in [3.63, 3.8) is 0 Å². The topological polar surface area (TPSA) is 36.9 Å². The Balaban J connectivity index is 1.58. The molecule has 0 bridgehead atoms. The molecule has 2 aromatic carbocycles. The van der Waals surface area contributed by atoms with E-state index >= 15 is 0 Å². The summed E-state index contributed by atoms with van der Waals surface area (Å²) in [6, 6.07) is 13.1. The number of hydrogen-bond acceptors (Lipinski definition) is 2. The third-order valence-corrected chi connectivity index (χ3v) is 4.57. The van der Waals surface area contributed by atoms with E-state index in [2.05, 4.69) is 39.6 Å². The minimum Gasteiger partial charge on any atom is -0.347 e. The molecule has 1 N–H and O–H groups in total. The highest BCUT2D eigenvalue weighted by atomic mass is 19.1. The van der Waals surface area contributed by atoms with Crippen LogP contribution in [0, 0.1) is 5.82 Å². The number of halogens is 1. The number of fused-ring (bicyclic) bond motifs is 2. The molecule has 4 rings (SSSR count). The van der Waals surface area contributed by atoms with Crippen LogP contribution in [0.1, 0.15) is 18.3 Å². The molecular weight excluding hydrogens is 315 g/mol. The molecule has 2 heterocycles. The predicted molar refractivity (Wildman–Crippen MR) is 98.8 cm³/mol. The molecule has 0 spiro atoms. The smallest absolute Gasteiger partial charge is 0.125 e. The van der Waals surface area contributed by atoms with Gasteiger partial charge in [-0.05, 0) is 49.9 Å². The zero-order valence-corrected chi connectivity index (χ0v) is 14.5. The number of H-pyrrole nitrogens is 1. The monoisotopic (exact) mass is 336 g/mol. The van der Waals surface area contributed by atoms with Gasteiger partial charge in [-0.15, -0.1) is 0 Å². The molecule has 0 radical (unpaired) electrons. The van der Waals surface area contributed by atoms with E-state index in [9.17, 15) is 4.39 Å². The van der Waals surface area contributed by atoms with Gasteiger partial charge in [0.1, 0.15) is 11.6 Å². The first-order valence-corrected chi connectivity index (χ1v) is 8.53. The number of aromatic amines is 1. The molecule has 0 aliphatic carbocycles. The van der Waals surface area contributed by atoms with Crippen LogP contribution in [0.2, 0.25) is 0 Å². The lowest BCUT2D eigenvalue weighted by Crippen LogP contribution is -2.17. The molecule has 2 aromatic heterocycles. The summed E-state index contributed by atoms with van der Waals surface area (Å²) >= 11 is 0. The van der Waals surface area contributed by atoms with Crippen LogP contribution in [-0.2, 0) is 19.6 Å². The van der Waals surface area contributed by atoms with Gasteiger partial charge in [0.05, 0.1) is 23.1 Å². The van der Waals surface area contributed by atoms with Crippen molar-refractivity contribution in [1.82, 2.24) is 19.4 Å². The molecule has 4 nitrogen and oxygen atoms in total. The summed E-state index contributed by atoms with van der Waals surface area (Å²) < 4.78 is 15.7. The molecule has 0 saturated heterocycles. The van der Waals surface area contributed by atoms with Crippen molar-refractivity contribution < 1.29 is 4.39 Å². The SMILES string of the molecule is CCn1cc(CN(C)Cc2nc3ccccc3[nH]2)c2ccc(F)cc21. The highest BCUT2D eigenvalue weighted by molar-refractivity contribution is 5.84. The second kappa shape index (κ2) is 6.33. The Morgan fingerprint density at radius 3 is 2.80 bits per heavy atom. The van der Waals surface area contributed by atoms with E-state index in [1.807, 2.05) is 30.3 Å². The Morgan fingerprint density at radius 2 is 2.00 bits per heavy atom. The summed E-state index contributed by atoms with van der Waals surface area (Å²) in [5, 5.41) is 1.11. The summed E-state index contributed by atoms with van der Waals surface area (Å²) in [5.74, 6) is 0.761. The number of para-hydroxylation sites is 2. The lowest BCUT2D eigenvalue weighted by atomic mass is 10.1. The minimum atomic E-state index is -0.192. The largest absolute Gasteiger partial charge is 0.347 e. The molecule has 0 aliphatic rings. The lowest BCUT2D eigenvalue weighted by molar-refractivity contribution is 0.313. The van der Waals surface area contributed by atoms with E-state index in [0.717, 1.165) is 47.4 Å². The summed E-state index contributed by atoms with van der Waals surface area (Å²) in [5.41, 5.74) is 4.21. The number of rotatable bonds is 5. The minimum absolute atomic E-state index is 0.192. The molecule has 0 saturated carbocycles. The van der Waals surface area contributed by atoms with Crippen LogP contribution in [0.25, 0.3) is 21.9 Å². The van der Waals surface area contributed by atoms with E-state index in [1.165, 1.54) is 11.6 Å². The van der Waals surface area contributed by atoms with Crippen molar-refractivity contribution in [1.29, 1.82) is 0 Å². The van der Waals surface area contributed by atoms with Crippen LogP contribution in [0.4, 0.5) is 4.39 Å². The van der Waals surface area contributed by atoms with Crippen molar-refractivity contribution in [2.75, 3.05) is 7.05 Å². The second-order valence-electron chi connectivity index (χ2n) is 6.47. The van der Waals surface area contributed by atoms with Gasteiger partial charge in [-0.25, -0.2) is 9.37 Å². The average molecular weight is 336 g/mol. The summed E-state index contributed by atoms with van der Waals surface area (Å²) in [4.78, 5) is 10.2. The first-order chi connectivity index (χ1) is 12.1. The molecule has 0 fully saturated rings. The lowest BCUT2D eigenvalue weighted by Gasteiger charge is -2.14. The Morgan fingerprint density at radius 1 is 1.16 bits per heavy atom. The Hall–Kier alpha value is -2.66. The molecule has 4 aromatic rings. The van der Waals surface area contributed by atoms with Crippen LogP contribution in [0.5, 0.6) is 0 Å². The number of imidazole rings is 1. The molecule has 128 valence electrons. The summed E-state index contributed by atoms with van der Waals surface area (Å²) in [6.45, 7) is 4.42. The van der Waals surface area contributed by atoms with Crippen LogP contribution in [0.3, 0.4) is 0 Å². The molecule has 0 amide bonds. The first-order valence-electron chi connectivity index (χ1n) is 8.53. The number of aromatic nitrogens is 3. The van der Waals surface area contributed by atoms with Crippen LogP contribution in [0.15, 0.2) is 48.7 Å². The number of aryl methyl sites for hydroxylation is 1. The van der Waals surface area contributed by atoms with Gasteiger partial charge in [0.25, 0.3) is 0 Å². The number of benzene rings is 2. The van der Waals surface area contributed by atoms with Crippen molar-refractivity contribution in [3.8, 4) is 0 Å². The molecule has 25 heavy (non-hydrogen) atoms. The number of nitrogens with zero attached hydrogens (tertiary/aromatic N) is 3. The standard InChI is InChI=1S/C20H21FN4/c1-3-25-12-14(16-9-8-15(21)10-19(16)25)11-24(2)13-20-22-17-6-4-5-7-18(17)23-20/h4-10,12H,3,11,13H2,1-2H3,(H,22,23). The van der Waals surface area contributed by atoms with Crippen LogP contribution >= 0.6 is 0 Å².